The van der Waals surface area contributed by atoms with Crippen molar-refractivity contribution < 1.29 is 4.79 Å². The summed E-state index contributed by atoms with van der Waals surface area (Å²) in [6.45, 7) is 2.20. The van der Waals surface area contributed by atoms with E-state index in [4.69, 9.17) is 0 Å². The molecule has 5 heteroatoms. The number of imidazole rings is 1. The second-order valence-corrected chi connectivity index (χ2v) is 6.06. The normalized spacial score (nSPS) is 25.5. The van der Waals surface area contributed by atoms with E-state index in [0.717, 1.165) is 19.0 Å². The first-order valence-electron chi connectivity index (χ1n) is 7.86. The quantitative estimate of drug-likeness (QED) is 0.887. The van der Waals surface area contributed by atoms with E-state index in [0.29, 0.717) is 5.69 Å². The molecule has 2 aliphatic rings. The molecule has 0 spiro atoms. The maximum Gasteiger partial charge on any atom is 0.269 e. The van der Waals surface area contributed by atoms with E-state index in [1.807, 2.05) is 0 Å². The highest BCUT2D eigenvalue weighted by molar-refractivity contribution is 5.92. The number of nitrogens with zero attached hydrogens (tertiary/aromatic N) is 2. The Morgan fingerprint density at radius 1 is 1.25 bits per heavy atom. The van der Waals surface area contributed by atoms with Crippen molar-refractivity contribution in [1.82, 2.24) is 20.2 Å². The van der Waals surface area contributed by atoms with Gasteiger partial charge in [-0.15, -0.1) is 0 Å². The van der Waals surface area contributed by atoms with Gasteiger partial charge in [-0.05, 0) is 32.2 Å². The summed E-state index contributed by atoms with van der Waals surface area (Å²) < 4.78 is 0. The van der Waals surface area contributed by atoms with Crippen LogP contribution in [-0.2, 0) is 0 Å². The number of carbonyl (C=O) groups excluding carboxylic acids is 1. The number of likely N-dealkylation sites (tertiary alicyclic amines) is 1. The minimum absolute atomic E-state index is 0.0296. The predicted octanol–water partition coefficient (Wildman–Crippen LogP) is 1.94. The third-order valence-corrected chi connectivity index (χ3v) is 4.62. The minimum Gasteiger partial charge on any atom is -0.347 e. The lowest BCUT2D eigenvalue weighted by Crippen LogP contribution is -2.51. The number of rotatable bonds is 3. The Morgan fingerprint density at radius 2 is 2.10 bits per heavy atom. The second kappa shape index (κ2) is 6.39. The van der Waals surface area contributed by atoms with Crippen LogP contribution in [0, 0.1) is 0 Å². The molecule has 110 valence electrons. The highest BCUT2D eigenvalue weighted by Crippen LogP contribution is 2.25. The summed E-state index contributed by atoms with van der Waals surface area (Å²) in [7, 11) is 0. The van der Waals surface area contributed by atoms with Gasteiger partial charge in [0.05, 0.1) is 12.5 Å². The number of hydrogen-bond acceptors (Lipinski definition) is 3. The zero-order valence-corrected chi connectivity index (χ0v) is 12.0. The average Bonchev–Trinajstić information content (AvgIpc) is 3.03. The molecule has 5 nitrogen and oxygen atoms in total. The van der Waals surface area contributed by atoms with Crippen molar-refractivity contribution in [2.45, 2.75) is 57.0 Å². The molecular formula is C15H24N4O. The van der Waals surface area contributed by atoms with Gasteiger partial charge in [0.15, 0.2) is 0 Å². The summed E-state index contributed by atoms with van der Waals surface area (Å²) in [4.78, 5) is 21.4. The highest BCUT2D eigenvalue weighted by atomic mass is 16.2. The van der Waals surface area contributed by atoms with Gasteiger partial charge in [0.25, 0.3) is 5.91 Å². The third-order valence-electron chi connectivity index (χ3n) is 4.62. The van der Waals surface area contributed by atoms with E-state index in [9.17, 15) is 4.79 Å². The van der Waals surface area contributed by atoms with Crippen LogP contribution in [0.25, 0.3) is 0 Å². The van der Waals surface area contributed by atoms with Gasteiger partial charge in [0, 0.05) is 18.6 Å². The number of H-pyrrole nitrogens is 1. The number of aromatic nitrogens is 2. The van der Waals surface area contributed by atoms with Gasteiger partial charge in [-0.1, -0.05) is 19.3 Å². The summed E-state index contributed by atoms with van der Waals surface area (Å²) in [6, 6.07) is 1.03. The van der Waals surface area contributed by atoms with Crippen LogP contribution in [0.2, 0.25) is 0 Å². The fourth-order valence-corrected chi connectivity index (χ4v) is 3.55. The molecule has 0 unspecified atom stereocenters. The Hall–Kier alpha value is -1.36. The summed E-state index contributed by atoms with van der Waals surface area (Å²) in [6.07, 6.45) is 12.2. The molecule has 1 aliphatic carbocycles. The van der Waals surface area contributed by atoms with Gasteiger partial charge in [0.2, 0.25) is 0 Å². The van der Waals surface area contributed by atoms with Gasteiger partial charge >= 0.3 is 0 Å². The van der Waals surface area contributed by atoms with E-state index in [-0.39, 0.29) is 11.9 Å². The number of aromatic amines is 1. The van der Waals surface area contributed by atoms with Crippen LogP contribution in [0.4, 0.5) is 0 Å². The number of hydrogen-bond donors (Lipinski definition) is 2. The van der Waals surface area contributed by atoms with Crippen LogP contribution >= 0.6 is 0 Å². The maximum atomic E-state index is 12.1. The van der Waals surface area contributed by atoms with Crippen LogP contribution < -0.4 is 5.32 Å². The molecule has 0 aromatic carbocycles. The molecule has 2 N–H and O–H groups in total. The molecule has 3 rings (SSSR count). The van der Waals surface area contributed by atoms with Gasteiger partial charge in [-0.3, -0.25) is 9.69 Å². The van der Waals surface area contributed by atoms with Crippen LogP contribution in [0.3, 0.4) is 0 Å². The second-order valence-electron chi connectivity index (χ2n) is 6.06. The van der Waals surface area contributed by atoms with Crippen LogP contribution in [0.5, 0.6) is 0 Å². The molecule has 1 saturated heterocycles. The van der Waals surface area contributed by atoms with Crippen molar-refractivity contribution in [3.63, 3.8) is 0 Å². The molecule has 1 aliphatic heterocycles. The van der Waals surface area contributed by atoms with Gasteiger partial charge in [-0.25, -0.2) is 4.98 Å². The Morgan fingerprint density at radius 3 is 2.85 bits per heavy atom. The molecule has 1 aromatic rings. The smallest absolute Gasteiger partial charge is 0.269 e. The Kier molecular flexibility index (Phi) is 4.35. The lowest BCUT2D eigenvalue weighted by Gasteiger charge is -2.40. The van der Waals surface area contributed by atoms with E-state index >= 15 is 0 Å². The fourth-order valence-electron chi connectivity index (χ4n) is 3.55. The van der Waals surface area contributed by atoms with Crippen molar-refractivity contribution in [1.29, 1.82) is 0 Å². The summed E-state index contributed by atoms with van der Waals surface area (Å²) in [5, 5.41) is 3.14. The molecule has 1 amide bonds. The highest BCUT2D eigenvalue weighted by Gasteiger charge is 2.27. The SMILES string of the molecule is O=C(N[C@H]1CCCN(C2CCCCC2)C1)c1cnc[nH]1. The first-order chi connectivity index (χ1) is 9.83. The first-order valence-corrected chi connectivity index (χ1v) is 7.86. The minimum atomic E-state index is -0.0296. The van der Waals surface area contributed by atoms with Crippen molar-refractivity contribution in [2.75, 3.05) is 13.1 Å². The molecule has 2 fully saturated rings. The third kappa shape index (κ3) is 3.20. The monoisotopic (exact) mass is 276 g/mol. The average molecular weight is 276 g/mol. The lowest BCUT2D eigenvalue weighted by molar-refractivity contribution is 0.0832. The molecular weight excluding hydrogens is 252 g/mol. The predicted molar refractivity (Wildman–Crippen MR) is 77.5 cm³/mol. The Bertz CT molecular complexity index is 425. The molecule has 1 atom stereocenters. The van der Waals surface area contributed by atoms with Crippen molar-refractivity contribution in [2.24, 2.45) is 0 Å². The lowest BCUT2D eigenvalue weighted by atomic mass is 9.92. The maximum absolute atomic E-state index is 12.1. The number of nitrogens with one attached hydrogen (secondary N) is 2. The van der Waals surface area contributed by atoms with Crippen molar-refractivity contribution in [3.05, 3.63) is 18.2 Å². The van der Waals surface area contributed by atoms with Crippen LogP contribution in [0.1, 0.15) is 55.4 Å². The summed E-state index contributed by atoms with van der Waals surface area (Å²) >= 11 is 0. The number of piperidine rings is 1. The number of amides is 1. The topological polar surface area (TPSA) is 61.0 Å². The Balaban J connectivity index is 1.53. The van der Waals surface area contributed by atoms with E-state index in [2.05, 4.69) is 20.2 Å². The standard InChI is InChI=1S/C15H24N4O/c20-15(14-9-16-11-17-14)18-12-5-4-8-19(10-12)13-6-2-1-3-7-13/h9,11-13H,1-8,10H2,(H,16,17)(H,18,20)/t12-/m0/s1. The van der Waals surface area contributed by atoms with Gasteiger partial charge < -0.3 is 10.3 Å². The summed E-state index contributed by atoms with van der Waals surface area (Å²) in [5.74, 6) is -0.0296. The molecule has 1 aromatic heterocycles. The zero-order valence-electron chi connectivity index (χ0n) is 12.0. The van der Waals surface area contributed by atoms with Gasteiger partial charge in [-0.2, -0.15) is 0 Å². The molecule has 2 heterocycles. The summed E-state index contributed by atoms with van der Waals surface area (Å²) in [5.41, 5.74) is 0.555. The molecule has 1 saturated carbocycles. The Labute approximate surface area is 120 Å². The van der Waals surface area contributed by atoms with E-state index in [1.54, 1.807) is 12.5 Å². The van der Waals surface area contributed by atoms with Crippen LogP contribution in [0.15, 0.2) is 12.5 Å². The zero-order chi connectivity index (χ0) is 13.8. The van der Waals surface area contributed by atoms with Crippen molar-refractivity contribution in [3.8, 4) is 0 Å². The molecule has 0 bridgehead atoms. The van der Waals surface area contributed by atoms with Gasteiger partial charge in [0.1, 0.15) is 5.69 Å². The van der Waals surface area contributed by atoms with E-state index in [1.165, 1.54) is 45.1 Å². The largest absolute Gasteiger partial charge is 0.347 e. The van der Waals surface area contributed by atoms with E-state index < -0.39 is 0 Å². The molecule has 0 radical (unpaired) electrons. The van der Waals surface area contributed by atoms with Crippen LogP contribution in [-0.4, -0.2) is 45.9 Å². The molecule has 20 heavy (non-hydrogen) atoms. The number of carbonyl (C=O) groups is 1. The van der Waals surface area contributed by atoms with Crippen molar-refractivity contribution >= 4 is 5.91 Å². The first kappa shape index (κ1) is 13.6. The fraction of sp³-hybridized carbons (Fsp3) is 0.733.